The van der Waals surface area contributed by atoms with Gasteiger partial charge in [-0.25, -0.2) is 8.42 Å². The Morgan fingerprint density at radius 3 is 2.75 bits per heavy atom. The van der Waals surface area contributed by atoms with E-state index < -0.39 is 10.0 Å². The molecule has 0 bridgehead atoms. The highest BCUT2D eigenvalue weighted by atomic mass is 32.2. The van der Waals surface area contributed by atoms with Crippen molar-refractivity contribution in [1.29, 1.82) is 0 Å². The van der Waals surface area contributed by atoms with Crippen molar-refractivity contribution in [1.82, 2.24) is 10.2 Å². The summed E-state index contributed by atoms with van der Waals surface area (Å²) in [7, 11) is -3.34. The Morgan fingerprint density at radius 2 is 2.11 bits per heavy atom. The molecule has 8 nitrogen and oxygen atoms in total. The highest BCUT2D eigenvalue weighted by molar-refractivity contribution is 8.02. The number of carbonyl (C=O) groups is 1. The molecule has 11 heteroatoms. The quantitative estimate of drug-likeness (QED) is 0.451. The first-order valence-corrected chi connectivity index (χ1v) is 12.4. The minimum absolute atomic E-state index is 0.0556. The van der Waals surface area contributed by atoms with Crippen molar-refractivity contribution in [2.75, 3.05) is 29.4 Å². The minimum atomic E-state index is -3.34. The molecule has 1 aromatic carbocycles. The SMILES string of the molecule is CC(Sc1nnc(NCC2CCCO2)s1)C(=O)c1ccc(NS(C)(=O)=O)cc1. The van der Waals surface area contributed by atoms with Crippen molar-refractivity contribution in [2.24, 2.45) is 0 Å². The van der Waals surface area contributed by atoms with E-state index in [0.717, 1.165) is 25.7 Å². The number of ketones is 1. The number of hydrogen-bond donors (Lipinski definition) is 2. The Morgan fingerprint density at radius 1 is 1.36 bits per heavy atom. The van der Waals surface area contributed by atoms with Gasteiger partial charge in [0.05, 0.1) is 17.6 Å². The number of rotatable bonds is 9. The number of ether oxygens (including phenoxy) is 1. The highest BCUT2D eigenvalue weighted by Crippen LogP contribution is 2.30. The zero-order chi connectivity index (χ0) is 20.1. The molecule has 152 valence electrons. The molecular formula is C17H22N4O4S3. The number of aromatic nitrogens is 2. The Labute approximate surface area is 172 Å². The lowest BCUT2D eigenvalue weighted by molar-refractivity contribution is 0.0994. The molecule has 2 N–H and O–H groups in total. The van der Waals surface area contributed by atoms with Gasteiger partial charge in [0.2, 0.25) is 15.2 Å². The molecular weight excluding hydrogens is 420 g/mol. The molecule has 1 aromatic heterocycles. The van der Waals surface area contributed by atoms with Gasteiger partial charge in [-0.1, -0.05) is 23.1 Å². The summed E-state index contributed by atoms with van der Waals surface area (Å²) in [5.74, 6) is -0.0556. The van der Waals surface area contributed by atoms with Gasteiger partial charge >= 0.3 is 0 Å². The van der Waals surface area contributed by atoms with E-state index in [4.69, 9.17) is 4.74 Å². The molecule has 0 amide bonds. The predicted molar refractivity (Wildman–Crippen MR) is 112 cm³/mol. The molecule has 1 aliphatic rings. The monoisotopic (exact) mass is 442 g/mol. The first-order chi connectivity index (χ1) is 13.3. The van der Waals surface area contributed by atoms with Crippen LogP contribution in [-0.2, 0) is 14.8 Å². The average molecular weight is 443 g/mol. The van der Waals surface area contributed by atoms with Crippen LogP contribution in [0.5, 0.6) is 0 Å². The zero-order valence-corrected chi connectivity index (χ0v) is 18.0. The number of Topliss-reactive ketones (excluding diaryl/α,β-unsaturated/α-hetero) is 1. The molecule has 1 saturated heterocycles. The summed E-state index contributed by atoms with van der Waals surface area (Å²) in [6.45, 7) is 3.34. The topological polar surface area (TPSA) is 110 Å². The number of nitrogens with one attached hydrogen (secondary N) is 2. The van der Waals surface area contributed by atoms with Gasteiger partial charge in [-0.05, 0) is 44.0 Å². The predicted octanol–water partition coefficient (Wildman–Crippen LogP) is 2.86. The molecule has 28 heavy (non-hydrogen) atoms. The first kappa shape index (κ1) is 21.0. The second-order valence-electron chi connectivity index (χ2n) is 6.46. The number of thioether (sulfide) groups is 1. The van der Waals surface area contributed by atoms with Crippen LogP contribution in [0.15, 0.2) is 28.6 Å². The van der Waals surface area contributed by atoms with Crippen molar-refractivity contribution in [2.45, 2.75) is 35.5 Å². The molecule has 3 rings (SSSR count). The van der Waals surface area contributed by atoms with Crippen LogP contribution in [0, 0.1) is 0 Å². The molecule has 2 aromatic rings. The summed E-state index contributed by atoms with van der Waals surface area (Å²) >= 11 is 2.76. The number of anilines is 2. The van der Waals surface area contributed by atoms with E-state index in [-0.39, 0.29) is 17.1 Å². The van der Waals surface area contributed by atoms with Gasteiger partial charge in [-0.3, -0.25) is 9.52 Å². The van der Waals surface area contributed by atoms with Crippen LogP contribution in [-0.4, -0.2) is 55.2 Å². The standard InChI is InChI=1S/C17H22N4O4S3/c1-11(15(22)12-5-7-13(8-6-12)21-28(2,23)24)26-17-20-19-16(27-17)18-10-14-4-3-9-25-14/h5-8,11,14,21H,3-4,9-10H2,1-2H3,(H,18,19). The molecule has 2 heterocycles. The van der Waals surface area contributed by atoms with E-state index in [2.05, 4.69) is 20.2 Å². The largest absolute Gasteiger partial charge is 0.376 e. The maximum atomic E-state index is 12.6. The average Bonchev–Trinajstić information content (AvgIpc) is 3.30. The van der Waals surface area contributed by atoms with Crippen LogP contribution >= 0.6 is 23.1 Å². The van der Waals surface area contributed by atoms with E-state index in [1.807, 2.05) is 6.92 Å². The number of hydrogen-bond acceptors (Lipinski definition) is 9. The number of benzene rings is 1. The van der Waals surface area contributed by atoms with Gasteiger partial charge < -0.3 is 10.1 Å². The van der Waals surface area contributed by atoms with Gasteiger partial charge in [-0.2, -0.15) is 0 Å². The lowest BCUT2D eigenvalue weighted by Gasteiger charge is -2.09. The van der Waals surface area contributed by atoms with Crippen LogP contribution < -0.4 is 10.0 Å². The molecule has 0 radical (unpaired) electrons. The molecule has 2 atom stereocenters. The van der Waals surface area contributed by atoms with Gasteiger partial charge in [0.15, 0.2) is 10.1 Å². The van der Waals surface area contributed by atoms with E-state index >= 15 is 0 Å². The Hall–Kier alpha value is -1.69. The lowest BCUT2D eigenvalue weighted by Crippen LogP contribution is -2.18. The lowest BCUT2D eigenvalue weighted by atomic mass is 10.1. The van der Waals surface area contributed by atoms with Crippen molar-refractivity contribution >= 4 is 49.7 Å². The third-order valence-corrected chi connectivity index (χ3v) is 6.70. The summed E-state index contributed by atoms with van der Waals surface area (Å²) in [6, 6.07) is 6.37. The van der Waals surface area contributed by atoms with Gasteiger partial charge in [0.1, 0.15) is 0 Å². The molecule has 0 spiro atoms. The van der Waals surface area contributed by atoms with Crippen molar-refractivity contribution in [3.8, 4) is 0 Å². The molecule has 0 aliphatic carbocycles. The van der Waals surface area contributed by atoms with Crippen molar-refractivity contribution < 1.29 is 17.9 Å². The fraction of sp³-hybridized carbons (Fsp3) is 0.471. The zero-order valence-electron chi connectivity index (χ0n) is 15.5. The summed E-state index contributed by atoms with van der Waals surface area (Å²) in [6.07, 6.45) is 3.45. The van der Waals surface area contributed by atoms with Crippen LogP contribution in [0.1, 0.15) is 30.1 Å². The Bertz CT molecular complexity index is 909. The van der Waals surface area contributed by atoms with Gasteiger partial charge in [-0.15, -0.1) is 10.2 Å². The van der Waals surface area contributed by atoms with E-state index in [0.29, 0.717) is 27.3 Å². The third kappa shape index (κ3) is 6.16. The second-order valence-corrected chi connectivity index (χ2v) is 10.8. The van der Waals surface area contributed by atoms with Crippen molar-refractivity contribution in [3.63, 3.8) is 0 Å². The van der Waals surface area contributed by atoms with Crippen LogP contribution in [0.25, 0.3) is 0 Å². The molecule has 1 aliphatic heterocycles. The van der Waals surface area contributed by atoms with Gasteiger partial charge in [0, 0.05) is 24.4 Å². The normalized spacial score (nSPS) is 18.0. The van der Waals surface area contributed by atoms with E-state index in [1.54, 1.807) is 24.3 Å². The van der Waals surface area contributed by atoms with Crippen LogP contribution in [0.4, 0.5) is 10.8 Å². The van der Waals surface area contributed by atoms with E-state index in [1.165, 1.54) is 23.1 Å². The maximum absolute atomic E-state index is 12.6. The van der Waals surface area contributed by atoms with Gasteiger partial charge in [0.25, 0.3) is 0 Å². The maximum Gasteiger partial charge on any atom is 0.229 e. The molecule has 1 fully saturated rings. The Kier molecular flexibility index (Phi) is 6.91. The smallest absolute Gasteiger partial charge is 0.229 e. The number of nitrogens with zero attached hydrogens (tertiary/aromatic N) is 2. The summed E-state index contributed by atoms with van der Waals surface area (Å²) in [5, 5.41) is 11.9. The van der Waals surface area contributed by atoms with Crippen LogP contribution in [0.2, 0.25) is 0 Å². The Balaban J connectivity index is 1.53. The number of sulfonamides is 1. The summed E-state index contributed by atoms with van der Waals surface area (Å²) in [4.78, 5) is 12.6. The minimum Gasteiger partial charge on any atom is -0.376 e. The van der Waals surface area contributed by atoms with Crippen molar-refractivity contribution in [3.05, 3.63) is 29.8 Å². The fourth-order valence-corrected chi connectivity index (χ4v) is 5.24. The molecule has 2 unspecified atom stereocenters. The third-order valence-electron chi connectivity index (χ3n) is 4.03. The first-order valence-electron chi connectivity index (χ1n) is 8.78. The summed E-state index contributed by atoms with van der Waals surface area (Å²) in [5.41, 5.74) is 0.936. The second kappa shape index (κ2) is 9.21. The highest BCUT2D eigenvalue weighted by Gasteiger charge is 2.20. The molecule has 0 saturated carbocycles. The summed E-state index contributed by atoms with van der Waals surface area (Å²) < 4.78 is 31.2. The van der Waals surface area contributed by atoms with E-state index in [9.17, 15) is 13.2 Å². The number of carbonyl (C=O) groups excluding carboxylic acids is 1. The van der Waals surface area contributed by atoms with Crippen LogP contribution in [0.3, 0.4) is 0 Å². The fourth-order valence-electron chi connectivity index (χ4n) is 2.69.